The zero-order valence-electron chi connectivity index (χ0n) is 11.3. The molecule has 1 saturated heterocycles. The second kappa shape index (κ2) is 6.61. The number of carbonyl (C=O) groups is 1. The summed E-state index contributed by atoms with van der Waals surface area (Å²) in [5, 5.41) is 0.503. The van der Waals surface area contributed by atoms with Gasteiger partial charge in [0.15, 0.2) is 0 Å². The topological polar surface area (TPSA) is 49.6 Å². The van der Waals surface area contributed by atoms with Crippen molar-refractivity contribution in [2.75, 3.05) is 33.4 Å². The summed E-state index contributed by atoms with van der Waals surface area (Å²) >= 11 is 1.84. The van der Waals surface area contributed by atoms with Crippen molar-refractivity contribution in [3.05, 3.63) is 0 Å². The zero-order valence-corrected chi connectivity index (χ0v) is 12.2. The van der Waals surface area contributed by atoms with E-state index in [1.54, 1.807) is 0 Å². The maximum atomic E-state index is 12.1. The van der Waals surface area contributed by atoms with Gasteiger partial charge >= 0.3 is 0 Å². The summed E-state index contributed by atoms with van der Waals surface area (Å²) in [6, 6.07) is 0.131. The van der Waals surface area contributed by atoms with Crippen molar-refractivity contribution in [2.24, 2.45) is 5.73 Å². The molecule has 1 fully saturated rings. The largest absolute Gasteiger partial charge is 0.339 e. The van der Waals surface area contributed by atoms with Crippen LogP contribution in [0.1, 0.15) is 19.8 Å². The molecule has 1 amide bonds. The number of thioether (sulfide) groups is 1. The molecule has 0 bridgehead atoms. The highest BCUT2D eigenvalue weighted by molar-refractivity contribution is 7.99. The Kier molecular flexibility index (Phi) is 5.76. The van der Waals surface area contributed by atoms with Crippen LogP contribution in [0.5, 0.6) is 0 Å². The van der Waals surface area contributed by atoms with Crippen LogP contribution in [-0.2, 0) is 4.79 Å². The predicted octanol–water partition coefficient (Wildman–Crippen LogP) is 0.618. The lowest BCUT2D eigenvalue weighted by Gasteiger charge is -2.23. The monoisotopic (exact) mass is 259 g/mol. The van der Waals surface area contributed by atoms with E-state index >= 15 is 0 Å². The van der Waals surface area contributed by atoms with Gasteiger partial charge in [-0.25, -0.2) is 0 Å². The van der Waals surface area contributed by atoms with Crippen molar-refractivity contribution in [1.29, 1.82) is 0 Å². The van der Waals surface area contributed by atoms with Gasteiger partial charge in [0.1, 0.15) is 0 Å². The molecule has 1 aliphatic heterocycles. The van der Waals surface area contributed by atoms with Gasteiger partial charge in [0, 0.05) is 24.4 Å². The summed E-state index contributed by atoms with van der Waals surface area (Å²) in [6.07, 6.45) is 3.86. The first kappa shape index (κ1) is 14.8. The Morgan fingerprint density at radius 1 is 1.53 bits per heavy atom. The number of likely N-dealkylation sites (tertiary alicyclic amines) is 1. The minimum absolute atomic E-state index is 0.121. The van der Waals surface area contributed by atoms with E-state index in [4.69, 9.17) is 5.73 Å². The number of hydrogen-bond donors (Lipinski definition) is 1. The van der Waals surface area contributed by atoms with Gasteiger partial charge < -0.3 is 15.5 Å². The first-order valence-corrected chi connectivity index (χ1v) is 7.53. The van der Waals surface area contributed by atoms with Crippen molar-refractivity contribution in [3.8, 4) is 0 Å². The molecule has 1 aliphatic rings. The highest BCUT2D eigenvalue weighted by Crippen LogP contribution is 2.24. The lowest BCUT2D eigenvalue weighted by Crippen LogP contribution is -2.43. The Hall–Kier alpha value is -0.260. The molecule has 100 valence electrons. The normalized spacial score (nSPS) is 26.6. The van der Waals surface area contributed by atoms with Crippen molar-refractivity contribution >= 4 is 17.7 Å². The SMILES string of the molecule is CCCC(N)C(=O)N1CC(SC)C(N(C)C)C1. The Labute approximate surface area is 109 Å². The molecule has 4 nitrogen and oxygen atoms in total. The van der Waals surface area contributed by atoms with Gasteiger partial charge in [-0.05, 0) is 26.8 Å². The van der Waals surface area contributed by atoms with Gasteiger partial charge in [0.2, 0.25) is 5.91 Å². The van der Waals surface area contributed by atoms with Crippen LogP contribution in [0.3, 0.4) is 0 Å². The van der Waals surface area contributed by atoms with Crippen LogP contribution in [-0.4, -0.2) is 66.5 Å². The van der Waals surface area contributed by atoms with Crippen molar-refractivity contribution < 1.29 is 4.79 Å². The van der Waals surface area contributed by atoms with E-state index in [0.717, 1.165) is 25.9 Å². The molecule has 1 rings (SSSR count). The molecule has 2 N–H and O–H groups in total. The van der Waals surface area contributed by atoms with E-state index in [0.29, 0.717) is 11.3 Å². The van der Waals surface area contributed by atoms with Crippen molar-refractivity contribution in [1.82, 2.24) is 9.80 Å². The summed E-state index contributed by atoms with van der Waals surface area (Å²) < 4.78 is 0. The summed E-state index contributed by atoms with van der Waals surface area (Å²) in [4.78, 5) is 16.3. The lowest BCUT2D eigenvalue weighted by molar-refractivity contribution is -0.131. The minimum atomic E-state index is -0.316. The van der Waals surface area contributed by atoms with Crippen LogP contribution in [0, 0.1) is 0 Å². The van der Waals surface area contributed by atoms with E-state index in [1.165, 1.54) is 0 Å². The van der Waals surface area contributed by atoms with Crippen LogP contribution in [0.4, 0.5) is 0 Å². The second-order valence-electron chi connectivity index (χ2n) is 4.94. The molecule has 0 aromatic heterocycles. The van der Waals surface area contributed by atoms with E-state index < -0.39 is 0 Å². The molecule has 17 heavy (non-hydrogen) atoms. The number of hydrogen-bond acceptors (Lipinski definition) is 4. The fraction of sp³-hybridized carbons (Fsp3) is 0.917. The summed E-state index contributed by atoms with van der Waals surface area (Å²) in [6.45, 7) is 3.71. The molecule has 3 atom stereocenters. The molecule has 0 aromatic rings. The number of carbonyl (C=O) groups excluding carboxylic acids is 1. The summed E-state index contributed by atoms with van der Waals surface area (Å²) in [7, 11) is 4.15. The molecule has 0 aromatic carbocycles. The van der Waals surface area contributed by atoms with Crippen LogP contribution in [0.15, 0.2) is 0 Å². The van der Waals surface area contributed by atoms with Crippen molar-refractivity contribution in [3.63, 3.8) is 0 Å². The molecule has 0 spiro atoms. The first-order chi connectivity index (χ1) is 8.01. The zero-order chi connectivity index (χ0) is 13.0. The Morgan fingerprint density at radius 3 is 2.59 bits per heavy atom. The maximum absolute atomic E-state index is 12.1. The van der Waals surface area contributed by atoms with Crippen LogP contribution in [0.25, 0.3) is 0 Å². The highest BCUT2D eigenvalue weighted by atomic mass is 32.2. The number of nitrogens with zero attached hydrogens (tertiary/aromatic N) is 2. The molecule has 3 unspecified atom stereocenters. The molecule has 5 heteroatoms. The number of nitrogens with two attached hydrogens (primary N) is 1. The number of likely N-dealkylation sites (N-methyl/N-ethyl adjacent to an activating group) is 1. The van der Waals surface area contributed by atoms with Crippen LogP contribution >= 0.6 is 11.8 Å². The van der Waals surface area contributed by atoms with Gasteiger partial charge in [0.05, 0.1) is 6.04 Å². The average molecular weight is 259 g/mol. The standard InChI is InChI=1S/C12H25N3OS/c1-5-6-9(13)12(16)15-7-10(14(2)3)11(8-15)17-4/h9-11H,5-8,13H2,1-4H3. The van der Waals surface area contributed by atoms with Gasteiger partial charge in [-0.1, -0.05) is 13.3 Å². The Bertz CT molecular complexity index is 260. The average Bonchev–Trinajstić information content (AvgIpc) is 2.72. The van der Waals surface area contributed by atoms with Gasteiger partial charge in [-0.2, -0.15) is 11.8 Å². The van der Waals surface area contributed by atoms with Gasteiger partial charge in [-0.3, -0.25) is 4.79 Å². The Balaban J connectivity index is 2.60. The molecular formula is C12H25N3OS. The van der Waals surface area contributed by atoms with E-state index in [9.17, 15) is 4.79 Å². The molecule has 0 saturated carbocycles. The van der Waals surface area contributed by atoms with Crippen LogP contribution < -0.4 is 5.73 Å². The molecule has 0 radical (unpaired) electrons. The predicted molar refractivity (Wildman–Crippen MR) is 74.2 cm³/mol. The van der Waals surface area contributed by atoms with Gasteiger partial charge in [-0.15, -0.1) is 0 Å². The van der Waals surface area contributed by atoms with Crippen LogP contribution in [0.2, 0.25) is 0 Å². The Morgan fingerprint density at radius 2 is 2.18 bits per heavy atom. The fourth-order valence-electron chi connectivity index (χ4n) is 2.33. The van der Waals surface area contributed by atoms with E-state index in [1.807, 2.05) is 16.7 Å². The highest BCUT2D eigenvalue weighted by Gasteiger charge is 2.37. The van der Waals surface area contributed by atoms with Gasteiger partial charge in [0.25, 0.3) is 0 Å². The van der Waals surface area contributed by atoms with Crippen molar-refractivity contribution in [2.45, 2.75) is 37.1 Å². The third kappa shape index (κ3) is 3.60. The second-order valence-corrected chi connectivity index (χ2v) is 6.02. The third-order valence-corrected chi connectivity index (χ3v) is 4.50. The number of amides is 1. The minimum Gasteiger partial charge on any atom is -0.339 e. The molecular weight excluding hydrogens is 234 g/mol. The smallest absolute Gasteiger partial charge is 0.239 e. The first-order valence-electron chi connectivity index (χ1n) is 6.24. The van der Waals surface area contributed by atoms with E-state index in [2.05, 4.69) is 32.2 Å². The quantitative estimate of drug-likeness (QED) is 0.786. The summed E-state index contributed by atoms with van der Waals surface area (Å²) in [5.41, 5.74) is 5.90. The van der Waals surface area contributed by atoms with E-state index in [-0.39, 0.29) is 11.9 Å². The fourth-order valence-corrected chi connectivity index (χ4v) is 3.31. The molecule has 1 heterocycles. The maximum Gasteiger partial charge on any atom is 0.239 e. The molecule has 0 aliphatic carbocycles. The summed E-state index contributed by atoms with van der Waals surface area (Å²) in [5.74, 6) is 0.121. The lowest BCUT2D eigenvalue weighted by atomic mass is 10.1. The number of rotatable bonds is 5. The third-order valence-electron chi connectivity index (χ3n) is 3.43.